The fraction of sp³-hybridized carbons (Fsp3) is 0.750. The maximum absolute atomic E-state index is 6.27. The Balaban J connectivity index is 2.30. The number of hydrogen-bond acceptors (Lipinski definition) is 3. The van der Waals surface area contributed by atoms with Gasteiger partial charge in [0.2, 0.25) is 0 Å². The van der Waals surface area contributed by atoms with Crippen LogP contribution < -0.4 is 0 Å². The molecule has 1 aliphatic carbocycles. The molecule has 4 heteroatoms. The van der Waals surface area contributed by atoms with E-state index in [1.165, 1.54) is 32.1 Å². The predicted octanol–water partition coefficient (Wildman–Crippen LogP) is 4.66. The van der Waals surface area contributed by atoms with Crippen LogP contribution in [0.5, 0.6) is 0 Å². The highest BCUT2D eigenvalue weighted by Crippen LogP contribution is 2.36. The quantitative estimate of drug-likeness (QED) is 0.741. The average Bonchev–Trinajstić information content (AvgIpc) is 2.48. The van der Waals surface area contributed by atoms with Crippen molar-refractivity contribution in [3.63, 3.8) is 0 Å². The molecule has 2 rings (SSSR count). The zero-order valence-corrected chi connectivity index (χ0v) is 13.5. The summed E-state index contributed by atoms with van der Waals surface area (Å²) in [6.07, 6.45) is 7.21. The highest BCUT2D eigenvalue weighted by atomic mass is 35.5. The van der Waals surface area contributed by atoms with Gasteiger partial charge in [0.1, 0.15) is 11.3 Å². The summed E-state index contributed by atoms with van der Waals surface area (Å²) in [5.41, 5.74) is 2.04. The molecule has 1 aliphatic rings. The molecule has 1 fully saturated rings. The van der Waals surface area contributed by atoms with Gasteiger partial charge in [-0.3, -0.25) is 0 Å². The molecule has 1 saturated carbocycles. The Morgan fingerprint density at radius 2 is 1.90 bits per heavy atom. The second-order valence-electron chi connectivity index (χ2n) is 5.57. The van der Waals surface area contributed by atoms with E-state index in [-0.39, 0.29) is 6.10 Å². The van der Waals surface area contributed by atoms with E-state index >= 15 is 0 Å². The normalized spacial score (nSPS) is 18.2. The van der Waals surface area contributed by atoms with Crippen LogP contribution in [0, 0.1) is 12.8 Å². The molecule has 0 aromatic carbocycles. The van der Waals surface area contributed by atoms with E-state index in [4.69, 9.17) is 21.3 Å². The van der Waals surface area contributed by atoms with Crippen molar-refractivity contribution in [2.75, 3.05) is 6.61 Å². The maximum Gasteiger partial charge on any atom is 0.159 e. The van der Waals surface area contributed by atoms with Gasteiger partial charge in [-0.25, -0.2) is 9.97 Å². The summed E-state index contributed by atoms with van der Waals surface area (Å²) in [6.45, 7) is 6.82. The van der Waals surface area contributed by atoms with E-state index in [1.807, 2.05) is 13.8 Å². The summed E-state index contributed by atoms with van der Waals surface area (Å²) in [7, 11) is 0. The number of aromatic nitrogens is 2. The van der Waals surface area contributed by atoms with E-state index in [2.05, 4.69) is 11.9 Å². The van der Waals surface area contributed by atoms with E-state index in [0.29, 0.717) is 17.7 Å². The van der Waals surface area contributed by atoms with Crippen molar-refractivity contribution >= 4 is 11.6 Å². The first kappa shape index (κ1) is 15.7. The fourth-order valence-electron chi connectivity index (χ4n) is 3.06. The van der Waals surface area contributed by atoms with Crippen LogP contribution >= 0.6 is 11.6 Å². The monoisotopic (exact) mass is 296 g/mol. The summed E-state index contributed by atoms with van der Waals surface area (Å²) in [6, 6.07) is 0. The fourth-order valence-corrected chi connectivity index (χ4v) is 3.26. The summed E-state index contributed by atoms with van der Waals surface area (Å²) in [4.78, 5) is 9.23. The Kier molecular flexibility index (Phi) is 5.79. The first-order valence-electron chi connectivity index (χ1n) is 7.81. The molecule has 0 saturated heterocycles. The molecule has 1 atom stereocenters. The second-order valence-corrected chi connectivity index (χ2v) is 5.93. The number of nitrogens with zero attached hydrogens (tertiary/aromatic N) is 2. The van der Waals surface area contributed by atoms with Gasteiger partial charge in [0.15, 0.2) is 5.82 Å². The summed E-state index contributed by atoms with van der Waals surface area (Å²) in [5, 5.41) is 0.576. The van der Waals surface area contributed by atoms with E-state index in [9.17, 15) is 0 Å². The average molecular weight is 297 g/mol. The van der Waals surface area contributed by atoms with Crippen LogP contribution in [0.3, 0.4) is 0 Å². The minimum Gasteiger partial charge on any atom is -0.370 e. The first-order chi connectivity index (χ1) is 9.67. The third-order valence-electron chi connectivity index (χ3n) is 4.22. The van der Waals surface area contributed by atoms with Gasteiger partial charge >= 0.3 is 0 Å². The SMILES string of the molecule is CCOC(c1nc(Cl)c(C)c(CC)n1)C1CCCCC1. The molecule has 0 spiro atoms. The molecule has 1 unspecified atom stereocenters. The zero-order chi connectivity index (χ0) is 14.5. The molecular weight excluding hydrogens is 272 g/mol. The minimum absolute atomic E-state index is 0.00343. The first-order valence-corrected chi connectivity index (χ1v) is 8.19. The molecule has 0 N–H and O–H groups in total. The topological polar surface area (TPSA) is 35.0 Å². The van der Waals surface area contributed by atoms with Crippen molar-refractivity contribution in [3.05, 3.63) is 22.2 Å². The molecule has 1 aromatic rings. The molecule has 0 bridgehead atoms. The largest absolute Gasteiger partial charge is 0.370 e. The third-order valence-corrected chi connectivity index (χ3v) is 4.59. The summed E-state index contributed by atoms with van der Waals surface area (Å²) >= 11 is 6.27. The molecule has 0 radical (unpaired) electrons. The van der Waals surface area contributed by atoms with Crippen LogP contribution in [0.1, 0.15) is 69.1 Å². The highest BCUT2D eigenvalue weighted by Gasteiger charge is 2.28. The Hall–Kier alpha value is -0.670. The number of halogens is 1. The van der Waals surface area contributed by atoms with Crippen LogP contribution in [0.2, 0.25) is 5.15 Å². The van der Waals surface area contributed by atoms with Crippen LogP contribution in [0.15, 0.2) is 0 Å². The van der Waals surface area contributed by atoms with E-state index in [0.717, 1.165) is 23.5 Å². The maximum atomic E-state index is 6.27. The summed E-state index contributed by atoms with van der Waals surface area (Å²) in [5.74, 6) is 1.32. The van der Waals surface area contributed by atoms with Crippen LogP contribution in [0.4, 0.5) is 0 Å². The molecule has 20 heavy (non-hydrogen) atoms. The van der Waals surface area contributed by atoms with Crippen LogP contribution in [0.25, 0.3) is 0 Å². The van der Waals surface area contributed by atoms with Crippen molar-refractivity contribution in [2.45, 2.75) is 65.4 Å². The van der Waals surface area contributed by atoms with Gasteiger partial charge in [-0.1, -0.05) is 37.8 Å². The Morgan fingerprint density at radius 1 is 1.20 bits per heavy atom. The molecular formula is C16H25ClN2O. The Morgan fingerprint density at radius 3 is 2.50 bits per heavy atom. The number of rotatable bonds is 5. The molecule has 0 amide bonds. The second kappa shape index (κ2) is 7.37. The molecule has 112 valence electrons. The standard InChI is InChI=1S/C16H25ClN2O/c1-4-13-11(3)15(17)19-16(18-13)14(20-5-2)12-9-7-6-8-10-12/h12,14H,4-10H2,1-3H3. The van der Waals surface area contributed by atoms with Crippen molar-refractivity contribution in [1.82, 2.24) is 9.97 Å². The predicted molar refractivity (Wildman–Crippen MR) is 82.1 cm³/mol. The Labute approximate surface area is 127 Å². The lowest BCUT2D eigenvalue weighted by Gasteiger charge is -2.29. The van der Waals surface area contributed by atoms with Crippen molar-refractivity contribution < 1.29 is 4.74 Å². The van der Waals surface area contributed by atoms with Gasteiger partial charge in [-0.2, -0.15) is 0 Å². The Bertz CT molecular complexity index is 444. The van der Waals surface area contributed by atoms with Crippen LogP contribution in [-0.4, -0.2) is 16.6 Å². The van der Waals surface area contributed by atoms with Crippen molar-refractivity contribution in [2.24, 2.45) is 5.92 Å². The smallest absolute Gasteiger partial charge is 0.159 e. The molecule has 1 aromatic heterocycles. The highest BCUT2D eigenvalue weighted by molar-refractivity contribution is 6.30. The molecule has 1 heterocycles. The third kappa shape index (κ3) is 3.50. The number of aryl methyl sites for hydroxylation is 1. The lowest BCUT2D eigenvalue weighted by Crippen LogP contribution is -2.22. The van der Waals surface area contributed by atoms with Gasteiger partial charge in [0.05, 0.1) is 0 Å². The zero-order valence-electron chi connectivity index (χ0n) is 12.8. The van der Waals surface area contributed by atoms with Crippen molar-refractivity contribution in [1.29, 1.82) is 0 Å². The number of ether oxygens (including phenoxy) is 1. The van der Waals surface area contributed by atoms with Crippen LogP contribution in [-0.2, 0) is 11.2 Å². The lowest BCUT2D eigenvalue weighted by atomic mass is 9.85. The minimum atomic E-state index is 0.00343. The van der Waals surface area contributed by atoms with Gasteiger partial charge < -0.3 is 4.74 Å². The van der Waals surface area contributed by atoms with Gasteiger partial charge in [0, 0.05) is 17.9 Å². The lowest BCUT2D eigenvalue weighted by molar-refractivity contribution is -0.000329. The van der Waals surface area contributed by atoms with Crippen molar-refractivity contribution in [3.8, 4) is 0 Å². The number of hydrogen-bond donors (Lipinski definition) is 0. The molecule has 0 aliphatic heterocycles. The molecule has 3 nitrogen and oxygen atoms in total. The van der Waals surface area contributed by atoms with E-state index < -0.39 is 0 Å². The summed E-state index contributed by atoms with van der Waals surface area (Å²) < 4.78 is 5.98. The van der Waals surface area contributed by atoms with E-state index in [1.54, 1.807) is 0 Å². The van der Waals surface area contributed by atoms with Gasteiger partial charge in [-0.05, 0) is 39.0 Å². The van der Waals surface area contributed by atoms with Gasteiger partial charge in [-0.15, -0.1) is 0 Å². The van der Waals surface area contributed by atoms with Gasteiger partial charge in [0.25, 0.3) is 0 Å².